The third kappa shape index (κ3) is 2.49. The summed E-state index contributed by atoms with van der Waals surface area (Å²) in [7, 11) is 1.39. The van der Waals surface area contributed by atoms with Crippen molar-refractivity contribution < 1.29 is 18.7 Å². The maximum absolute atomic E-state index is 13.9. The summed E-state index contributed by atoms with van der Waals surface area (Å²) in [6, 6.07) is 6.34. The fraction of sp³-hybridized carbons (Fsp3) is 0.231. The Morgan fingerprint density at radius 2 is 2.22 bits per heavy atom. The van der Waals surface area contributed by atoms with Gasteiger partial charge in [0, 0.05) is 12.0 Å². The first kappa shape index (κ1) is 12.9. The van der Waals surface area contributed by atoms with E-state index in [9.17, 15) is 9.50 Å². The van der Waals surface area contributed by atoms with Crippen LogP contribution in [0.5, 0.6) is 5.75 Å². The van der Waals surface area contributed by atoms with Gasteiger partial charge in [0.25, 0.3) is 0 Å². The second-order valence-electron chi connectivity index (χ2n) is 3.80. The molecule has 96 valence electrons. The van der Waals surface area contributed by atoms with Gasteiger partial charge < -0.3 is 14.3 Å². The molecule has 0 saturated carbocycles. The van der Waals surface area contributed by atoms with Crippen LogP contribution >= 0.6 is 11.6 Å². The van der Waals surface area contributed by atoms with Gasteiger partial charge in [0.1, 0.15) is 0 Å². The molecular weight excluding hydrogens is 259 g/mol. The van der Waals surface area contributed by atoms with Crippen LogP contribution in [0.1, 0.15) is 17.2 Å². The SMILES string of the molecule is COc1cccc(CC(O)c2ccoc2Cl)c1F. The molecule has 0 bridgehead atoms. The molecule has 0 saturated heterocycles. The minimum atomic E-state index is -0.919. The predicted octanol–water partition coefficient (Wildman–Crippen LogP) is 3.36. The van der Waals surface area contributed by atoms with Crippen molar-refractivity contribution in [3.05, 3.63) is 52.7 Å². The van der Waals surface area contributed by atoms with Gasteiger partial charge in [-0.25, -0.2) is 4.39 Å². The van der Waals surface area contributed by atoms with Crippen LogP contribution in [-0.2, 0) is 6.42 Å². The van der Waals surface area contributed by atoms with Crippen LogP contribution in [0.15, 0.2) is 34.9 Å². The van der Waals surface area contributed by atoms with Crippen molar-refractivity contribution in [2.24, 2.45) is 0 Å². The molecule has 18 heavy (non-hydrogen) atoms. The Morgan fingerprint density at radius 3 is 2.83 bits per heavy atom. The van der Waals surface area contributed by atoms with Crippen LogP contribution in [0.25, 0.3) is 0 Å². The molecule has 5 heteroatoms. The molecular formula is C13H12ClFO3. The maximum Gasteiger partial charge on any atom is 0.198 e. The summed E-state index contributed by atoms with van der Waals surface area (Å²) in [5.41, 5.74) is 0.804. The van der Waals surface area contributed by atoms with Gasteiger partial charge >= 0.3 is 0 Å². The van der Waals surface area contributed by atoms with E-state index in [1.807, 2.05) is 0 Å². The van der Waals surface area contributed by atoms with E-state index in [0.29, 0.717) is 11.1 Å². The highest BCUT2D eigenvalue weighted by atomic mass is 35.5. The molecule has 0 spiro atoms. The lowest BCUT2D eigenvalue weighted by molar-refractivity contribution is 0.176. The summed E-state index contributed by atoms with van der Waals surface area (Å²) < 4.78 is 23.6. The molecule has 0 amide bonds. The number of furan rings is 1. The molecule has 1 unspecified atom stereocenters. The maximum atomic E-state index is 13.9. The lowest BCUT2D eigenvalue weighted by Gasteiger charge is -2.11. The van der Waals surface area contributed by atoms with Crippen LogP contribution < -0.4 is 4.74 Å². The van der Waals surface area contributed by atoms with Crippen molar-refractivity contribution in [1.29, 1.82) is 0 Å². The van der Waals surface area contributed by atoms with E-state index in [4.69, 9.17) is 20.8 Å². The van der Waals surface area contributed by atoms with Crippen LogP contribution in [0.2, 0.25) is 5.22 Å². The summed E-state index contributed by atoms with van der Waals surface area (Å²) in [5, 5.41) is 10.1. The highest BCUT2D eigenvalue weighted by Crippen LogP contribution is 2.29. The molecule has 1 N–H and O–H groups in total. The summed E-state index contributed by atoms with van der Waals surface area (Å²) >= 11 is 5.75. The monoisotopic (exact) mass is 270 g/mol. The smallest absolute Gasteiger partial charge is 0.198 e. The molecule has 0 radical (unpaired) electrons. The number of rotatable bonds is 4. The van der Waals surface area contributed by atoms with Crippen molar-refractivity contribution >= 4 is 11.6 Å². The molecule has 3 nitrogen and oxygen atoms in total. The molecule has 0 aliphatic heterocycles. The molecule has 0 aliphatic carbocycles. The Hall–Kier alpha value is -1.52. The Labute approximate surface area is 109 Å². The molecule has 0 fully saturated rings. The number of hydrogen-bond acceptors (Lipinski definition) is 3. The van der Waals surface area contributed by atoms with E-state index in [0.717, 1.165) is 0 Å². The zero-order valence-electron chi connectivity index (χ0n) is 9.69. The number of halogens is 2. The van der Waals surface area contributed by atoms with Crippen LogP contribution in [0.4, 0.5) is 4.39 Å². The molecule has 1 aromatic carbocycles. The van der Waals surface area contributed by atoms with Crippen molar-refractivity contribution in [3.63, 3.8) is 0 Å². The van der Waals surface area contributed by atoms with Crippen LogP contribution in [0.3, 0.4) is 0 Å². The van der Waals surface area contributed by atoms with Crippen molar-refractivity contribution in [3.8, 4) is 5.75 Å². The molecule has 2 rings (SSSR count). The zero-order chi connectivity index (χ0) is 13.1. The van der Waals surface area contributed by atoms with E-state index in [2.05, 4.69) is 0 Å². The first-order valence-corrected chi connectivity index (χ1v) is 5.73. The van der Waals surface area contributed by atoms with Gasteiger partial charge in [0.15, 0.2) is 16.8 Å². The Morgan fingerprint density at radius 1 is 1.44 bits per heavy atom. The summed E-state index contributed by atoms with van der Waals surface area (Å²) in [6.07, 6.45) is 0.559. The van der Waals surface area contributed by atoms with Gasteiger partial charge in [-0.05, 0) is 29.3 Å². The van der Waals surface area contributed by atoms with E-state index < -0.39 is 11.9 Å². The van der Waals surface area contributed by atoms with Gasteiger partial charge in [-0.3, -0.25) is 0 Å². The summed E-state index contributed by atoms with van der Waals surface area (Å²) in [5.74, 6) is -0.323. The van der Waals surface area contributed by atoms with Crippen LogP contribution in [-0.4, -0.2) is 12.2 Å². The minimum absolute atomic E-state index is 0.0995. The second-order valence-corrected chi connectivity index (χ2v) is 4.15. The lowest BCUT2D eigenvalue weighted by atomic mass is 10.0. The number of hydrogen-bond donors (Lipinski definition) is 1. The largest absolute Gasteiger partial charge is 0.494 e. The standard InChI is InChI=1S/C13H12ClFO3/c1-17-11-4-2-3-8(12(11)15)7-10(16)9-5-6-18-13(9)14/h2-6,10,16H,7H2,1H3. The van der Waals surface area contributed by atoms with Crippen molar-refractivity contribution in [2.45, 2.75) is 12.5 Å². The number of aliphatic hydroxyl groups excluding tert-OH is 1. The highest BCUT2D eigenvalue weighted by Gasteiger charge is 2.17. The van der Waals surface area contributed by atoms with Gasteiger partial charge in [0.05, 0.1) is 19.5 Å². The highest BCUT2D eigenvalue weighted by molar-refractivity contribution is 6.29. The van der Waals surface area contributed by atoms with E-state index >= 15 is 0 Å². The second kappa shape index (κ2) is 5.42. The lowest BCUT2D eigenvalue weighted by Crippen LogP contribution is -2.04. The number of methoxy groups -OCH3 is 1. The number of aliphatic hydroxyl groups is 1. The van der Waals surface area contributed by atoms with Crippen molar-refractivity contribution in [2.75, 3.05) is 7.11 Å². The third-order valence-electron chi connectivity index (χ3n) is 2.68. The van der Waals surface area contributed by atoms with Crippen molar-refractivity contribution in [1.82, 2.24) is 0 Å². The van der Waals surface area contributed by atoms with Gasteiger partial charge in [-0.15, -0.1) is 0 Å². The zero-order valence-corrected chi connectivity index (χ0v) is 10.4. The predicted molar refractivity (Wildman–Crippen MR) is 65.3 cm³/mol. The normalized spacial score (nSPS) is 12.4. The molecule has 1 atom stereocenters. The minimum Gasteiger partial charge on any atom is -0.494 e. The van der Waals surface area contributed by atoms with Gasteiger partial charge in [-0.2, -0.15) is 0 Å². The third-order valence-corrected chi connectivity index (χ3v) is 2.99. The Balaban J connectivity index is 2.22. The van der Waals surface area contributed by atoms with Gasteiger partial charge in [-0.1, -0.05) is 12.1 Å². The Bertz CT molecular complexity index is 539. The fourth-order valence-corrected chi connectivity index (χ4v) is 1.97. The van der Waals surface area contributed by atoms with Crippen LogP contribution in [0, 0.1) is 5.82 Å². The molecule has 1 heterocycles. The summed E-state index contributed by atoms with van der Waals surface area (Å²) in [6.45, 7) is 0. The fourth-order valence-electron chi connectivity index (χ4n) is 1.73. The Kier molecular flexibility index (Phi) is 3.89. The first-order chi connectivity index (χ1) is 8.63. The average Bonchev–Trinajstić information content (AvgIpc) is 2.78. The van der Waals surface area contributed by atoms with E-state index in [-0.39, 0.29) is 17.4 Å². The molecule has 0 aliphatic rings. The summed E-state index contributed by atoms with van der Waals surface area (Å²) in [4.78, 5) is 0. The molecule has 1 aromatic heterocycles. The van der Waals surface area contributed by atoms with Gasteiger partial charge in [0.2, 0.25) is 0 Å². The topological polar surface area (TPSA) is 42.6 Å². The average molecular weight is 271 g/mol. The molecule has 2 aromatic rings. The van der Waals surface area contributed by atoms with E-state index in [1.165, 1.54) is 19.4 Å². The first-order valence-electron chi connectivity index (χ1n) is 5.35. The quantitative estimate of drug-likeness (QED) is 0.926. The number of ether oxygens (including phenoxy) is 1. The number of benzene rings is 1. The van der Waals surface area contributed by atoms with E-state index in [1.54, 1.807) is 18.2 Å².